The van der Waals surface area contributed by atoms with Crippen LogP contribution in [-0.2, 0) is 4.84 Å². The van der Waals surface area contributed by atoms with Gasteiger partial charge in [0.25, 0.3) is 5.69 Å². The molecule has 2 aromatic rings. The molecule has 0 amide bonds. The predicted molar refractivity (Wildman–Crippen MR) is 87.1 cm³/mol. The van der Waals surface area contributed by atoms with Crippen LogP contribution in [0.3, 0.4) is 0 Å². The van der Waals surface area contributed by atoms with Gasteiger partial charge in [0.2, 0.25) is 0 Å². The third-order valence-electron chi connectivity index (χ3n) is 2.90. The lowest BCUT2D eigenvalue weighted by Crippen LogP contribution is -2.02. The highest BCUT2D eigenvalue weighted by Crippen LogP contribution is 2.12. The summed E-state index contributed by atoms with van der Waals surface area (Å²) in [5.41, 5.74) is 1.62. The van der Waals surface area contributed by atoms with Crippen molar-refractivity contribution >= 4 is 23.4 Å². The van der Waals surface area contributed by atoms with Crippen molar-refractivity contribution < 1.29 is 14.6 Å². The van der Waals surface area contributed by atoms with Crippen LogP contribution >= 0.6 is 0 Å². The van der Waals surface area contributed by atoms with Gasteiger partial charge in [-0.3, -0.25) is 10.1 Å². The number of allylic oxidation sites excluding steroid dienone is 1. The van der Waals surface area contributed by atoms with Crippen molar-refractivity contribution in [2.45, 2.75) is 6.92 Å². The maximum atomic E-state index is 11.8. The SMILES string of the molecule is CC(/C=C/c1ccccc1)=N/OC(=O)c1ccc([N+](=O)[O-])cc1. The molecule has 0 spiro atoms. The Morgan fingerprint density at radius 1 is 1.13 bits per heavy atom. The van der Waals surface area contributed by atoms with Gasteiger partial charge >= 0.3 is 5.97 Å². The first-order valence-corrected chi connectivity index (χ1v) is 6.80. The van der Waals surface area contributed by atoms with Crippen molar-refractivity contribution in [2.75, 3.05) is 0 Å². The molecule has 0 unspecified atom stereocenters. The number of hydrogen-bond acceptors (Lipinski definition) is 5. The van der Waals surface area contributed by atoms with E-state index in [1.54, 1.807) is 13.0 Å². The van der Waals surface area contributed by atoms with Crippen LogP contribution in [0.1, 0.15) is 22.8 Å². The van der Waals surface area contributed by atoms with E-state index in [2.05, 4.69) is 5.16 Å². The molecule has 0 fully saturated rings. The predicted octanol–water partition coefficient (Wildman–Crippen LogP) is 3.84. The highest BCUT2D eigenvalue weighted by Gasteiger charge is 2.10. The lowest BCUT2D eigenvalue weighted by atomic mass is 10.2. The Morgan fingerprint density at radius 3 is 2.39 bits per heavy atom. The van der Waals surface area contributed by atoms with Crippen molar-refractivity contribution in [1.82, 2.24) is 0 Å². The van der Waals surface area contributed by atoms with Gasteiger partial charge in [0.1, 0.15) is 0 Å². The van der Waals surface area contributed by atoms with Gasteiger partial charge in [-0.25, -0.2) is 4.79 Å². The smallest absolute Gasteiger partial charge is 0.313 e. The molecule has 2 rings (SSSR count). The summed E-state index contributed by atoms with van der Waals surface area (Å²) in [6, 6.07) is 14.8. The van der Waals surface area contributed by atoms with Crippen LogP contribution in [0.25, 0.3) is 6.08 Å². The molecule has 0 saturated heterocycles. The van der Waals surface area contributed by atoms with Gasteiger partial charge in [-0.1, -0.05) is 41.6 Å². The first-order valence-electron chi connectivity index (χ1n) is 6.80. The summed E-state index contributed by atoms with van der Waals surface area (Å²) in [7, 11) is 0. The summed E-state index contributed by atoms with van der Waals surface area (Å²) < 4.78 is 0. The maximum absolute atomic E-state index is 11.8. The Balaban J connectivity index is 1.97. The largest absolute Gasteiger partial charge is 0.365 e. The van der Waals surface area contributed by atoms with E-state index in [1.165, 1.54) is 24.3 Å². The van der Waals surface area contributed by atoms with Crippen molar-refractivity contribution in [3.63, 3.8) is 0 Å². The Labute approximate surface area is 132 Å². The highest BCUT2D eigenvalue weighted by atomic mass is 16.7. The van der Waals surface area contributed by atoms with Crippen molar-refractivity contribution in [3.05, 3.63) is 81.9 Å². The summed E-state index contributed by atoms with van der Waals surface area (Å²) in [5, 5.41) is 14.3. The molecule has 0 aliphatic heterocycles. The fourth-order valence-corrected chi connectivity index (χ4v) is 1.70. The molecule has 0 radical (unpaired) electrons. The van der Waals surface area contributed by atoms with Crippen molar-refractivity contribution in [3.8, 4) is 0 Å². The molecule has 0 saturated carbocycles. The van der Waals surface area contributed by atoms with Crippen LogP contribution in [0.2, 0.25) is 0 Å². The van der Waals surface area contributed by atoms with E-state index in [-0.39, 0.29) is 11.3 Å². The van der Waals surface area contributed by atoms with Crippen molar-refractivity contribution in [2.24, 2.45) is 5.16 Å². The van der Waals surface area contributed by atoms with Crippen molar-refractivity contribution in [1.29, 1.82) is 0 Å². The number of nitro benzene ring substituents is 1. The Kier molecular flexibility index (Phi) is 5.35. The van der Waals surface area contributed by atoms with Gasteiger partial charge in [-0.15, -0.1) is 0 Å². The number of nitrogens with zero attached hydrogens (tertiary/aromatic N) is 2. The molecule has 116 valence electrons. The molecule has 0 atom stereocenters. The third-order valence-corrected chi connectivity index (χ3v) is 2.90. The second-order valence-electron chi connectivity index (χ2n) is 4.66. The highest BCUT2D eigenvalue weighted by molar-refractivity contribution is 5.97. The second-order valence-corrected chi connectivity index (χ2v) is 4.66. The summed E-state index contributed by atoms with van der Waals surface area (Å²) in [5.74, 6) is -0.674. The van der Waals surface area contributed by atoms with Crippen LogP contribution in [0.4, 0.5) is 5.69 Å². The van der Waals surface area contributed by atoms with E-state index >= 15 is 0 Å². The summed E-state index contributed by atoms with van der Waals surface area (Å²) in [4.78, 5) is 26.6. The van der Waals surface area contributed by atoms with Crippen LogP contribution in [0, 0.1) is 10.1 Å². The standard InChI is InChI=1S/C17H14N2O4/c1-13(7-8-14-5-3-2-4-6-14)18-23-17(20)15-9-11-16(12-10-15)19(21)22/h2-12H,1H3/b8-7+,18-13-. The van der Waals surface area contributed by atoms with Gasteiger partial charge in [0.15, 0.2) is 0 Å². The van der Waals surface area contributed by atoms with Gasteiger partial charge in [0.05, 0.1) is 16.2 Å². The van der Waals surface area contributed by atoms with Crippen LogP contribution in [-0.4, -0.2) is 16.6 Å². The van der Waals surface area contributed by atoms with E-state index in [9.17, 15) is 14.9 Å². The molecule has 0 bridgehead atoms. The number of oxime groups is 1. The van der Waals surface area contributed by atoms with Gasteiger partial charge in [-0.2, -0.15) is 0 Å². The minimum atomic E-state index is -0.674. The van der Waals surface area contributed by atoms with Gasteiger partial charge < -0.3 is 4.84 Å². The summed E-state index contributed by atoms with van der Waals surface area (Å²) in [6.07, 6.45) is 3.57. The minimum Gasteiger partial charge on any atom is -0.313 e. The first-order chi connectivity index (χ1) is 11.1. The van der Waals surface area contributed by atoms with E-state index in [4.69, 9.17) is 4.84 Å². The first kappa shape index (κ1) is 16.1. The molecule has 23 heavy (non-hydrogen) atoms. The molecule has 6 nitrogen and oxygen atoms in total. The number of nitro groups is 1. The molecule has 0 aliphatic rings. The van der Waals surface area contributed by atoms with E-state index in [1.807, 2.05) is 36.4 Å². The topological polar surface area (TPSA) is 81.8 Å². The number of carbonyl (C=O) groups is 1. The molecule has 0 heterocycles. The lowest BCUT2D eigenvalue weighted by Gasteiger charge is -1.98. The molecule has 0 aromatic heterocycles. The Bertz CT molecular complexity index is 750. The third kappa shape index (κ3) is 4.89. The molecular formula is C17H14N2O4. The van der Waals surface area contributed by atoms with Crippen LogP contribution < -0.4 is 0 Å². The Hall–Kier alpha value is -3.28. The number of hydrogen-bond donors (Lipinski definition) is 0. The van der Waals surface area contributed by atoms with Gasteiger partial charge in [-0.05, 0) is 30.7 Å². The zero-order chi connectivity index (χ0) is 16.7. The summed E-state index contributed by atoms with van der Waals surface area (Å²) >= 11 is 0. The summed E-state index contributed by atoms with van der Waals surface area (Å²) in [6.45, 7) is 1.70. The quantitative estimate of drug-likeness (QED) is 0.363. The minimum absolute atomic E-state index is 0.0907. The average molecular weight is 310 g/mol. The number of rotatable bonds is 5. The second kappa shape index (κ2) is 7.65. The Morgan fingerprint density at radius 2 is 1.78 bits per heavy atom. The molecular weight excluding hydrogens is 296 g/mol. The molecule has 0 aliphatic carbocycles. The van der Waals surface area contributed by atoms with Crippen LogP contribution in [0.15, 0.2) is 65.8 Å². The maximum Gasteiger partial charge on any atom is 0.365 e. The average Bonchev–Trinajstić information content (AvgIpc) is 2.58. The molecule has 2 aromatic carbocycles. The monoisotopic (exact) mass is 310 g/mol. The zero-order valence-corrected chi connectivity index (χ0v) is 12.4. The van der Waals surface area contributed by atoms with Gasteiger partial charge in [0, 0.05) is 12.1 Å². The molecule has 0 N–H and O–H groups in total. The fourth-order valence-electron chi connectivity index (χ4n) is 1.70. The number of non-ortho nitro benzene ring substituents is 1. The number of carbonyl (C=O) groups excluding carboxylic acids is 1. The zero-order valence-electron chi connectivity index (χ0n) is 12.4. The van der Waals surface area contributed by atoms with E-state index in [0.717, 1.165) is 5.56 Å². The number of benzene rings is 2. The van der Waals surface area contributed by atoms with E-state index in [0.29, 0.717) is 5.71 Å². The van der Waals surface area contributed by atoms with E-state index < -0.39 is 10.9 Å². The molecule has 6 heteroatoms. The normalized spacial score (nSPS) is 11.4. The fraction of sp³-hybridized carbons (Fsp3) is 0.0588. The van der Waals surface area contributed by atoms with Crippen LogP contribution in [0.5, 0.6) is 0 Å². The lowest BCUT2D eigenvalue weighted by molar-refractivity contribution is -0.384.